The van der Waals surface area contributed by atoms with Gasteiger partial charge in [0.1, 0.15) is 5.82 Å². The van der Waals surface area contributed by atoms with Gasteiger partial charge in [0.15, 0.2) is 5.13 Å². The van der Waals surface area contributed by atoms with E-state index >= 15 is 0 Å². The first-order valence-corrected chi connectivity index (χ1v) is 7.74. The van der Waals surface area contributed by atoms with Crippen LogP contribution in [0.1, 0.15) is 5.56 Å². The maximum atomic E-state index is 13.5. The van der Waals surface area contributed by atoms with E-state index in [0.29, 0.717) is 5.56 Å². The maximum absolute atomic E-state index is 13.5. The van der Waals surface area contributed by atoms with Crippen LogP contribution in [0, 0.1) is 5.82 Å². The third kappa shape index (κ3) is 3.28. The molecule has 0 saturated heterocycles. The van der Waals surface area contributed by atoms with Crippen LogP contribution in [0.2, 0.25) is 0 Å². The van der Waals surface area contributed by atoms with Gasteiger partial charge in [-0.3, -0.25) is 4.72 Å². The second-order valence-corrected chi connectivity index (χ2v) is 6.30. The molecule has 0 aliphatic carbocycles. The van der Waals surface area contributed by atoms with E-state index in [1.165, 1.54) is 29.7 Å². The first-order valence-electron chi connectivity index (χ1n) is 5.38. The van der Waals surface area contributed by atoms with Gasteiger partial charge in [-0.05, 0) is 25.2 Å². The first-order chi connectivity index (χ1) is 9.03. The minimum atomic E-state index is -3.74. The Kier molecular flexibility index (Phi) is 4.13. The van der Waals surface area contributed by atoms with E-state index in [1.807, 2.05) is 0 Å². The van der Waals surface area contributed by atoms with E-state index in [-0.39, 0.29) is 16.6 Å². The van der Waals surface area contributed by atoms with Crippen molar-refractivity contribution in [3.8, 4) is 0 Å². The highest BCUT2D eigenvalue weighted by molar-refractivity contribution is 7.93. The molecule has 2 aromatic rings. The van der Waals surface area contributed by atoms with Crippen LogP contribution in [0.4, 0.5) is 9.52 Å². The topological polar surface area (TPSA) is 71.1 Å². The number of thiazole rings is 1. The lowest BCUT2D eigenvalue weighted by Crippen LogP contribution is -2.14. The van der Waals surface area contributed by atoms with Crippen LogP contribution in [0.3, 0.4) is 0 Å². The highest BCUT2D eigenvalue weighted by atomic mass is 32.2. The van der Waals surface area contributed by atoms with Gasteiger partial charge < -0.3 is 5.32 Å². The number of nitrogens with zero attached hydrogens (tertiary/aromatic N) is 1. The molecule has 1 aromatic carbocycles. The smallest absolute Gasteiger partial charge is 0.263 e. The molecule has 5 nitrogen and oxygen atoms in total. The molecule has 102 valence electrons. The van der Waals surface area contributed by atoms with Crippen LogP contribution >= 0.6 is 11.3 Å². The molecular formula is C11H12FN3O2S2. The number of hydrogen-bond acceptors (Lipinski definition) is 5. The fourth-order valence-corrected chi connectivity index (χ4v) is 3.33. The van der Waals surface area contributed by atoms with Crippen LogP contribution in [-0.2, 0) is 16.6 Å². The van der Waals surface area contributed by atoms with Crippen molar-refractivity contribution in [3.05, 3.63) is 41.2 Å². The van der Waals surface area contributed by atoms with Crippen molar-refractivity contribution in [2.45, 2.75) is 11.4 Å². The average molecular weight is 301 g/mol. The van der Waals surface area contributed by atoms with Gasteiger partial charge in [-0.25, -0.2) is 17.8 Å². The van der Waals surface area contributed by atoms with Crippen molar-refractivity contribution in [2.24, 2.45) is 0 Å². The van der Waals surface area contributed by atoms with E-state index in [2.05, 4.69) is 15.0 Å². The third-order valence-corrected chi connectivity index (χ3v) is 4.50. The molecule has 0 spiro atoms. The summed E-state index contributed by atoms with van der Waals surface area (Å²) in [5, 5.41) is 4.72. The van der Waals surface area contributed by atoms with Crippen LogP contribution in [0.5, 0.6) is 0 Å². The quantitative estimate of drug-likeness (QED) is 0.883. The zero-order valence-electron chi connectivity index (χ0n) is 10.1. The van der Waals surface area contributed by atoms with Crippen molar-refractivity contribution >= 4 is 26.5 Å². The summed E-state index contributed by atoms with van der Waals surface area (Å²) >= 11 is 1.17. The first kappa shape index (κ1) is 13.9. The van der Waals surface area contributed by atoms with Crippen molar-refractivity contribution in [1.29, 1.82) is 0 Å². The monoisotopic (exact) mass is 301 g/mol. The number of halogens is 1. The predicted octanol–water partition coefficient (Wildman–Crippen LogP) is 1.80. The molecular weight excluding hydrogens is 289 g/mol. The van der Waals surface area contributed by atoms with Crippen molar-refractivity contribution < 1.29 is 12.8 Å². The SMILES string of the molecule is CNCc1cc(S(=O)(=O)Nc2nccs2)ccc1F. The number of nitrogens with one attached hydrogen (secondary N) is 2. The number of hydrogen-bond donors (Lipinski definition) is 2. The summed E-state index contributed by atoms with van der Waals surface area (Å²) in [6.07, 6.45) is 1.50. The standard InChI is InChI=1S/C11H12FN3O2S2/c1-13-7-8-6-9(2-3-10(8)12)19(16,17)15-11-14-4-5-18-11/h2-6,13H,7H2,1H3,(H,14,15). The van der Waals surface area contributed by atoms with Gasteiger partial charge in [-0.1, -0.05) is 0 Å². The summed E-state index contributed by atoms with van der Waals surface area (Å²) in [4.78, 5) is 3.85. The zero-order valence-corrected chi connectivity index (χ0v) is 11.7. The minimum Gasteiger partial charge on any atom is -0.316 e. The molecule has 8 heteroatoms. The van der Waals surface area contributed by atoms with Crippen molar-refractivity contribution in [3.63, 3.8) is 0 Å². The molecule has 0 saturated carbocycles. The number of aromatic nitrogens is 1. The Morgan fingerprint density at radius 3 is 2.84 bits per heavy atom. The van der Waals surface area contributed by atoms with E-state index in [1.54, 1.807) is 12.4 Å². The molecule has 0 atom stereocenters. The molecule has 19 heavy (non-hydrogen) atoms. The molecule has 1 aromatic heterocycles. The lowest BCUT2D eigenvalue weighted by atomic mass is 10.2. The van der Waals surface area contributed by atoms with E-state index < -0.39 is 15.8 Å². The second kappa shape index (κ2) is 5.64. The average Bonchev–Trinajstić information content (AvgIpc) is 2.84. The molecule has 0 amide bonds. The molecule has 0 radical (unpaired) electrons. The highest BCUT2D eigenvalue weighted by Gasteiger charge is 2.17. The summed E-state index contributed by atoms with van der Waals surface area (Å²) < 4.78 is 40.0. The maximum Gasteiger partial charge on any atom is 0.263 e. The zero-order chi connectivity index (χ0) is 13.9. The van der Waals surface area contributed by atoms with Gasteiger partial charge in [-0.15, -0.1) is 11.3 Å². The summed E-state index contributed by atoms with van der Waals surface area (Å²) in [5.74, 6) is -0.442. The molecule has 2 N–H and O–H groups in total. The van der Waals surface area contributed by atoms with Crippen LogP contribution in [-0.4, -0.2) is 20.4 Å². The summed E-state index contributed by atoms with van der Waals surface area (Å²) in [6.45, 7) is 0.256. The molecule has 0 aliphatic heterocycles. The second-order valence-electron chi connectivity index (χ2n) is 3.73. The Labute approximate surface area is 114 Å². The molecule has 0 fully saturated rings. The van der Waals surface area contributed by atoms with E-state index in [0.717, 1.165) is 6.07 Å². The van der Waals surface area contributed by atoms with Crippen LogP contribution < -0.4 is 10.0 Å². The van der Waals surface area contributed by atoms with Crippen molar-refractivity contribution in [1.82, 2.24) is 10.3 Å². The van der Waals surface area contributed by atoms with Crippen molar-refractivity contribution in [2.75, 3.05) is 11.8 Å². The van der Waals surface area contributed by atoms with Crippen LogP contribution in [0.25, 0.3) is 0 Å². The fourth-order valence-electron chi connectivity index (χ4n) is 1.49. The Bertz CT molecular complexity index is 657. The van der Waals surface area contributed by atoms with Gasteiger partial charge in [0.25, 0.3) is 10.0 Å². The predicted molar refractivity (Wildman–Crippen MR) is 72.1 cm³/mol. The van der Waals surface area contributed by atoms with Gasteiger partial charge in [-0.2, -0.15) is 0 Å². The summed E-state index contributed by atoms with van der Waals surface area (Å²) in [5.41, 5.74) is 0.296. The van der Waals surface area contributed by atoms with Gasteiger partial charge in [0.2, 0.25) is 0 Å². The Balaban J connectivity index is 2.32. The molecule has 1 heterocycles. The van der Waals surface area contributed by atoms with Gasteiger partial charge in [0, 0.05) is 23.7 Å². The molecule has 0 aliphatic rings. The van der Waals surface area contributed by atoms with Gasteiger partial charge in [0.05, 0.1) is 4.90 Å². The summed E-state index contributed by atoms with van der Waals surface area (Å²) in [7, 11) is -2.08. The Morgan fingerprint density at radius 2 is 2.21 bits per heavy atom. The molecule has 0 bridgehead atoms. The Hall–Kier alpha value is -1.51. The number of benzene rings is 1. The third-order valence-electron chi connectivity index (χ3n) is 2.35. The highest BCUT2D eigenvalue weighted by Crippen LogP contribution is 2.20. The minimum absolute atomic E-state index is 0.00866. The normalized spacial score (nSPS) is 11.5. The lowest BCUT2D eigenvalue weighted by molar-refractivity contribution is 0.591. The fraction of sp³-hybridized carbons (Fsp3) is 0.182. The lowest BCUT2D eigenvalue weighted by Gasteiger charge is -2.08. The number of sulfonamides is 1. The largest absolute Gasteiger partial charge is 0.316 e. The molecule has 2 rings (SSSR count). The Morgan fingerprint density at radius 1 is 1.42 bits per heavy atom. The van der Waals surface area contributed by atoms with E-state index in [4.69, 9.17) is 0 Å². The number of anilines is 1. The van der Waals surface area contributed by atoms with Crippen LogP contribution in [0.15, 0.2) is 34.7 Å². The molecule has 0 unspecified atom stereocenters. The summed E-state index contributed by atoms with van der Waals surface area (Å²) in [6, 6.07) is 3.68. The van der Waals surface area contributed by atoms with Gasteiger partial charge >= 0.3 is 0 Å². The van der Waals surface area contributed by atoms with E-state index in [9.17, 15) is 12.8 Å². The number of rotatable bonds is 5.